The van der Waals surface area contributed by atoms with Gasteiger partial charge in [0.2, 0.25) is 5.91 Å². The largest absolute Gasteiger partial charge is 0.368 e. The molecule has 2 heterocycles. The lowest BCUT2D eigenvalue weighted by Gasteiger charge is -2.34. The van der Waals surface area contributed by atoms with Gasteiger partial charge in [-0.15, -0.1) is 0 Å². The van der Waals surface area contributed by atoms with E-state index < -0.39 is 0 Å². The first-order chi connectivity index (χ1) is 12.2. The number of carbonyl (C=O) groups is 1. The third-order valence-electron chi connectivity index (χ3n) is 4.66. The zero-order chi connectivity index (χ0) is 17.2. The molecule has 0 saturated carbocycles. The van der Waals surface area contributed by atoms with Crippen molar-refractivity contribution in [1.29, 1.82) is 0 Å². The Bertz CT molecular complexity index is 889. The highest BCUT2D eigenvalue weighted by Crippen LogP contribution is 2.26. The maximum absolute atomic E-state index is 11.9. The quantitative estimate of drug-likeness (QED) is 0.797. The standard InChI is InChI=1S/C20H19N3O2/c21-20(24)19-10-15-8-4-5-9-16(15)12-23(19)13-17-11-18(22-25-17)14-6-2-1-3-7-14/h1-9,11,19H,10,12-13H2,(H2,21,24)/t19-/m1/s1. The fraction of sp³-hybridized carbons (Fsp3) is 0.200. The summed E-state index contributed by atoms with van der Waals surface area (Å²) in [6, 6.07) is 19.6. The molecule has 0 aliphatic carbocycles. The van der Waals surface area contributed by atoms with E-state index in [0.29, 0.717) is 19.5 Å². The second-order valence-corrected chi connectivity index (χ2v) is 6.34. The van der Waals surface area contributed by atoms with Crippen molar-refractivity contribution < 1.29 is 9.32 Å². The van der Waals surface area contributed by atoms with Gasteiger partial charge in [0.15, 0.2) is 5.76 Å². The van der Waals surface area contributed by atoms with E-state index in [2.05, 4.69) is 22.2 Å². The molecule has 0 unspecified atom stereocenters. The van der Waals surface area contributed by atoms with Gasteiger partial charge < -0.3 is 10.3 Å². The molecular weight excluding hydrogens is 314 g/mol. The predicted molar refractivity (Wildman–Crippen MR) is 94.3 cm³/mol. The Hall–Kier alpha value is -2.92. The summed E-state index contributed by atoms with van der Waals surface area (Å²) in [5.41, 5.74) is 9.85. The van der Waals surface area contributed by atoms with Gasteiger partial charge in [-0.05, 0) is 17.5 Å². The van der Waals surface area contributed by atoms with Crippen molar-refractivity contribution >= 4 is 5.91 Å². The highest BCUT2D eigenvalue weighted by Gasteiger charge is 2.30. The Morgan fingerprint density at radius 1 is 1.12 bits per heavy atom. The maximum atomic E-state index is 11.9. The molecule has 0 bridgehead atoms. The topological polar surface area (TPSA) is 72.4 Å². The summed E-state index contributed by atoms with van der Waals surface area (Å²) in [7, 11) is 0. The highest BCUT2D eigenvalue weighted by atomic mass is 16.5. The van der Waals surface area contributed by atoms with E-state index in [1.54, 1.807) is 0 Å². The van der Waals surface area contributed by atoms with Crippen LogP contribution < -0.4 is 5.73 Å². The van der Waals surface area contributed by atoms with Gasteiger partial charge >= 0.3 is 0 Å². The van der Waals surface area contributed by atoms with E-state index in [0.717, 1.165) is 17.0 Å². The van der Waals surface area contributed by atoms with Crippen LogP contribution in [-0.4, -0.2) is 22.0 Å². The highest BCUT2D eigenvalue weighted by molar-refractivity contribution is 5.80. The number of nitrogens with two attached hydrogens (primary N) is 1. The van der Waals surface area contributed by atoms with Crippen LogP contribution in [0.4, 0.5) is 0 Å². The zero-order valence-corrected chi connectivity index (χ0v) is 13.8. The normalized spacial score (nSPS) is 17.2. The zero-order valence-electron chi connectivity index (χ0n) is 13.8. The van der Waals surface area contributed by atoms with Gasteiger partial charge in [-0.25, -0.2) is 0 Å². The van der Waals surface area contributed by atoms with Gasteiger partial charge in [0.25, 0.3) is 0 Å². The molecule has 1 amide bonds. The van der Waals surface area contributed by atoms with Crippen LogP contribution in [0.1, 0.15) is 16.9 Å². The molecule has 5 heteroatoms. The molecule has 126 valence electrons. The molecule has 25 heavy (non-hydrogen) atoms. The number of aromatic nitrogens is 1. The van der Waals surface area contributed by atoms with Crippen molar-refractivity contribution in [2.75, 3.05) is 0 Å². The third kappa shape index (κ3) is 3.19. The summed E-state index contributed by atoms with van der Waals surface area (Å²) in [6.45, 7) is 1.17. The molecule has 1 atom stereocenters. The fourth-order valence-corrected chi connectivity index (χ4v) is 3.36. The Labute approximate surface area is 146 Å². The average molecular weight is 333 g/mol. The van der Waals surface area contributed by atoms with Crippen LogP contribution in [0.15, 0.2) is 65.2 Å². The van der Waals surface area contributed by atoms with E-state index >= 15 is 0 Å². The molecule has 4 rings (SSSR count). The summed E-state index contributed by atoms with van der Waals surface area (Å²) in [5.74, 6) is 0.418. The minimum Gasteiger partial charge on any atom is -0.368 e. The molecule has 2 N–H and O–H groups in total. The number of nitrogens with zero attached hydrogens (tertiary/aromatic N) is 2. The van der Waals surface area contributed by atoms with Crippen molar-refractivity contribution in [3.63, 3.8) is 0 Å². The number of benzene rings is 2. The van der Waals surface area contributed by atoms with Gasteiger partial charge in [-0.3, -0.25) is 9.69 Å². The van der Waals surface area contributed by atoms with Gasteiger partial charge in [-0.1, -0.05) is 59.8 Å². The second kappa shape index (κ2) is 6.53. The molecular formula is C20H19N3O2. The maximum Gasteiger partial charge on any atom is 0.235 e. The Morgan fingerprint density at radius 2 is 1.84 bits per heavy atom. The van der Waals surface area contributed by atoms with Crippen LogP contribution >= 0.6 is 0 Å². The van der Waals surface area contributed by atoms with Crippen molar-refractivity contribution in [1.82, 2.24) is 10.1 Å². The second-order valence-electron chi connectivity index (χ2n) is 6.34. The molecule has 0 fully saturated rings. The predicted octanol–water partition coefficient (Wildman–Crippen LogP) is 2.75. The lowest BCUT2D eigenvalue weighted by atomic mass is 9.93. The van der Waals surface area contributed by atoms with E-state index in [4.69, 9.17) is 10.3 Å². The number of amides is 1. The van der Waals surface area contributed by atoms with Crippen LogP contribution in [0.2, 0.25) is 0 Å². The van der Waals surface area contributed by atoms with Gasteiger partial charge in [0.05, 0.1) is 12.6 Å². The summed E-state index contributed by atoms with van der Waals surface area (Å²) in [6.07, 6.45) is 0.630. The van der Waals surface area contributed by atoms with Crippen LogP contribution in [0, 0.1) is 0 Å². The smallest absolute Gasteiger partial charge is 0.235 e. The summed E-state index contributed by atoms with van der Waals surface area (Å²) in [4.78, 5) is 14.0. The van der Waals surface area contributed by atoms with Crippen molar-refractivity contribution in [2.24, 2.45) is 5.73 Å². The first-order valence-corrected chi connectivity index (χ1v) is 8.32. The van der Waals surface area contributed by atoms with E-state index in [-0.39, 0.29) is 11.9 Å². The van der Waals surface area contributed by atoms with E-state index in [1.165, 1.54) is 11.1 Å². The summed E-state index contributed by atoms with van der Waals surface area (Å²) < 4.78 is 5.49. The SMILES string of the molecule is NC(=O)[C@H]1Cc2ccccc2CN1Cc1cc(-c2ccccc2)no1. The number of hydrogen-bond donors (Lipinski definition) is 1. The Kier molecular flexibility index (Phi) is 4.07. The fourth-order valence-electron chi connectivity index (χ4n) is 3.36. The van der Waals surface area contributed by atoms with E-state index in [1.807, 2.05) is 48.5 Å². The molecule has 1 aromatic heterocycles. The first-order valence-electron chi connectivity index (χ1n) is 8.32. The molecule has 1 aliphatic rings. The van der Waals surface area contributed by atoms with E-state index in [9.17, 15) is 4.79 Å². The summed E-state index contributed by atoms with van der Waals surface area (Å²) in [5, 5.41) is 4.15. The van der Waals surface area contributed by atoms with Crippen LogP contribution in [0.25, 0.3) is 11.3 Å². The molecule has 5 nitrogen and oxygen atoms in total. The molecule has 1 aliphatic heterocycles. The first kappa shape index (κ1) is 15.6. The lowest BCUT2D eigenvalue weighted by Crippen LogP contribution is -2.47. The number of fused-ring (bicyclic) bond motifs is 1. The van der Waals surface area contributed by atoms with Gasteiger partial charge in [0, 0.05) is 18.2 Å². The van der Waals surface area contributed by atoms with Crippen LogP contribution in [0.5, 0.6) is 0 Å². The third-order valence-corrected chi connectivity index (χ3v) is 4.66. The van der Waals surface area contributed by atoms with Gasteiger partial charge in [-0.2, -0.15) is 0 Å². The van der Waals surface area contributed by atoms with Crippen molar-refractivity contribution in [2.45, 2.75) is 25.6 Å². The Morgan fingerprint density at radius 3 is 2.60 bits per heavy atom. The lowest BCUT2D eigenvalue weighted by molar-refractivity contribution is -0.124. The monoisotopic (exact) mass is 333 g/mol. The molecule has 0 radical (unpaired) electrons. The minimum atomic E-state index is -0.333. The number of carbonyl (C=O) groups excluding carboxylic acids is 1. The van der Waals surface area contributed by atoms with Gasteiger partial charge in [0.1, 0.15) is 5.69 Å². The Balaban J connectivity index is 1.57. The molecule has 0 spiro atoms. The summed E-state index contributed by atoms with van der Waals surface area (Å²) >= 11 is 0. The number of rotatable bonds is 4. The molecule has 0 saturated heterocycles. The number of hydrogen-bond acceptors (Lipinski definition) is 4. The number of primary amides is 1. The molecule has 3 aromatic rings. The molecule has 2 aromatic carbocycles. The van der Waals surface area contributed by atoms with Crippen molar-refractivity contribution in [3.8, 4) is 11.3 Å². The minimum absolute atomic E-state index is 0.308. The van der Waals surface area contributed by atoms with Crippen molar-refractivity contribution in [3.05, 3.63) is 77.6 Å². The van der Waals surface area contributed by atoms with Crippen LogP contribution in [0.3, 0.4) is 0 Å². The average Bonchev–Trinajstić information content (AvgIpc) is 3.10. The van der Waals surface area contributed by atoms with Crippen LogP contribution in [-0.2, 0) is 24.3 Å².